The van der Waals surface area contributed by atoms with Gasteiger partial charge in [-0.3, -0.25) is 14.9 Å². The van der Waals surface area contributed by atoms with E-state index in [9.17, 15) is 31.7 Å². The van der Waals surface area contributed by atoms with Gasteiger partial charge in [0.2, 0.25) is 10.0 Å². The van der Waals surface area contributed by atoms with Crippen LogP contribution in [0.25, 0.3) is 21.2 Å². The summed E-state index contributed by atoms with van der Waals surface area (Å²) in [6.45, 7) is 1.68. The third kappa shape index (κ3) is 8.03. The number of carbonyl (C=O) groups excluding carboxylic acids is 1. The highest BCUT2D eigenvalue weighted by atomic mass is 32.2. The number of fused-ring (bicyclic) bond motifs is 1. The predicted molar refractivity (Wildman–Crippen MR) is 188 cm³/mol. The lowest BCUT2D eigenvalue weighted by molar-refractivity contribution is -0.384. The number of carbonyl (C=O) groups is 1. The van der Waals surface area contributed by atoms with E-state index in [1.807, 2.05) is 47.2 Å². The number of nitro groups is 1. The summed E-state index contributed by atoms with van der Waals surface area (Å²) in [5.41, 5.74) is 1.77. The second-order valence-electron chi connectivity index (χ2n) is 10.4. The first-order chi connectivity index (χ1) is 22.9. The molecule has 4 N–H and O–H groups in total. The minimum atomic E-state index is -4.45. The molecule has 0 spiro atoms. The number of nitrogens with zero attached hydrogens (tertiary/aromatic N) is 1. The Morgan fingerprint density at radius 1 is 0.896 bits per heavy atom. The molecule has 0 aliphatic heterocycles. The summed E-state index contributed by atoms with van der Waals surface area (Å²) in [7, 11) is -8.24. The van der Waals surface area contributed by atoms with E-state index in [-0.39, 0.29) is 28.6 Å². The Hall–Kier alpha value is -4.32. The number of thioether (sulfide) groups is 1. The maximum Gasteiger partial charge on any atom is 0.293 e. The maximum atomic E-state index is 13.1. The van der Waals surface area contributed by atoms with Crippen molar-refractivity contribution in [2.24, 2.45) is 0 Å². The molecule has 0 radical (unpaired) electrons. The number of aryl methyl sites for hydroxylation is 1. The molecule has 1 amide bonds. The highest BCUT2D eigenvalue weighted by Gasteiger charge is 2.24. The van der Waals surface area contributed by atoms with Gasteiger partial charge in [-0.05, 0) is 77.5 Å². The number of sulfonamides is 2. The number of anilines is 1. The minimum Gasteiger partial charge on any atom is -0.395 e. The lowest BCUT2D eigenvalue weighted by Crippen LogP contribution is -2.30. The highest BCUT2D eigenvalue weighted by Crippen LogP contribution is 2.36. The fraction of sp³-hybridized carbons (Fsp3) is 0.156. The number of amides is 1. The third-order valence-electron chi connectivity index (χ3n) is 7.15. The molecule has 48 heavy (non-hydrogen) atoms. The number of hydrogen-bond donors (Lipinski definition) is 4. The zero-order valence-electron chi connectivity index (χ0n) is 25.4. The van der Waals surface area contributed by atoms with Crippen molar-refractivity contribution in [2.45, 2.75) is 20.9 Å². The number of nitrogens with one attached hydrogen (secondary N) is 3. The normalized spacial score (nSPS) is 11.8. The van der Waals surface area contributed by atoms with Crippen LogP contribution >= 0.6 is 23.1 Å². The van der Waals surface area contributed by atoms with Crippen LogP contribution in [0.4, 0.5) is 11.4 Å². The standard InChI is InChI=1S/C32H30N4O8S4/c1-21-27-19-24(11-14-30(27)46-32(21)48(43,44)34-15-17-37)22-7-9-23(10-8-22)31(38)35-47(41,42)26-12-13-28(29(20-26)36(39)40)33-16-18-45-25-5-3-2-4-6-25/h2-14,19-20,33-34,37H,15-18H2,1H3,(H,35,38). The number of thiophene rings is 1. The largest absolute Gasteiger partial charge is 0.395 e. The van der Waals surface area contributed by atoms with Crippen molar-refractivity contribution in [3.63, 3.8) is 0 Å². The van der Waals surface area contributed by atoms with E-state index < -0.39 is 41.5 Å². The molecule has 0 fully saturated rings. The fourth-order valence-corrected chi connectivity index (χ4v) is 9.38. The van der Waals surface area contributed by atoms with E-state index in [1.54, 1.807) is 36.9 Å². The molecule has 0 unspecified atom stereocenters. The van der Waals surface area contributed by atoms with Crippen LogP contribution in [0, 0.1) is 17.0 Å². The Morgan fingerprint density at radius 2 is 1.60 bits per heavy atom. The van der Waals surface area contributed by atoms with Crippen LogP contribution in [0.5, 0.6) is 0 Å². The van der Waals surface area contributed by atoms with Gasteiger partial charge in [0.15, 0.2) is 0 Å². The number of rotatable bonds is 14. The van der Waals surface area contributed by atoms with E-state index in [4.69, 9.17) is 5.11 Å². The summed E-state index contributed by atoms with van der Waals surface area (Å²) in [6, 6.07) is 24.6. The van der Waals surface area contributed by atoms with E-state index in [1.165, 1.54) is 24.3 Å². The van der Waals surface area contributed by atoms with Crippen LogP contribution in [-0.2, 0) is 20.0 Å². The zero-order chi connectivity index (χ0) is 34.5. The van der Waals surface area contributed by atoms with Crippen LogP contribution in [0.1, 0.15) is 15.9 Å². The van der Waals surface area contributed by atoms with Gasteiger partial charge < -0.3 is 10.4 Å². The van der Waals surface area contributed by atoms with Crippen molar-refractivity contribution in [3.8, 4) is 11.1 Å². The summed E-state index contributed by atoms with van der Waals surface area (Å²) in [5.74, 6) is -0.299. The second kappa shape index (κ2) is 14.8. The molecule has 0 bridgehead atoms. The average Bonchev–Trinajstić information content (AvgIpc) is 3.42. The van der Waals surface area contributed by atoms with Crippen molar-refractivity contribution in [1.29, 1.82) is 0 Å². The van der Waals surface area contributed by atoms with Gasteiger partial charge in [-0.15, -0.1) is 23.1 Å². The van der Waals surface area contributed by atoms with Gasteiger partial charge in [0, 0.05) is 40.1 Å². The number of benzene rings is 4. The molecule has 0 aliphatic rings. The van der Waals surface area contributed by atoms with Gasteiger partial charge in [-0.25, -0.2) is 26.3 Å². The quantitative estimate of drug-likeness (QED) is 0.0502. The Morgan fingerprint density at radius 3 is 2.29 bits per heavy atom. The summed E-state index contributed by atoms with van der Waals surface area (Å²) in [5, 5.41) is 24.5. The van der Waals surface area contributed by atoms with Crippen molar-refractivity contribution in [3.05, 3.63) is 112 Å². The monoisotopic (exact) mass is 726 g/mol. The molecule has 0 atom stereocenters. The summed E-state index contributed by atoms with van der Waals surface area (Å²) < 4.78 is 56.7. The topological polar surface area (TPSA) is 185 Å². The molecule has 4 aromatic carbocycles. The summed E-state index contributed by atoms with van der Waals surface area (Å²) in [6.07, 6.45) is 0. The molecule has 1 heterocycles. The molecule has 5 rings (SSSR count). The van der Waals surface area contributed by atoms with E-state index >= 15 is 0 Å². The second-order valence-corrected chi connectivity index (χ2v) is 16.2. The Bertz CT molecular complexity index is 2190. The van der Waals surface area contributed by atoms with Crippen LogP contribution < -0.4 is 14.8 Å². The minimum absolute atomic E-state index is 0.0437. The Labute approximate surface area is 285 Å². The third-order valence-corrected chi connectivity index (χ3v) is 12.9. The van der Waals surface area contributed by atoms with Crippen LogP contribution in [0.3, 0.4) is 0 Å². The van der Waals surface area contributed by atoms with Gasteiger partial charge in [0.25, 0.3) is 21.6 Å². The molecular weight excluding hydrogens is 697 g/mol. The summed E-state index contributed by atoms with van der Waals surface area (Å²) >= 11 is 2.68. The first-order valence-corrected chi connectivity index (χ1v) is 19.2. The van der Waals surface area contributed by atoms with Crippen LogP contribution in [-0.4, -0.2) is 58.2 Å². The van der Waals surface area contributed by atoms with Gasteiger partial charge >= 0.3 is 0 Å². The van der Waals surface area contributed by atoms with Crippen molar-refractivity contribution < 1.29 is 31.7 Å². The predicted octanol–water partition coefficient (Wildman–Crippen LogP) is 5.38. The van der Waals surface area contributed by atoms with Gasteiger partial charge in [-0.1, -0.05) is 36.4 Å². The molecule has 0 saturated heterocycles. The van der Waals surface area contributed by atoms with Gasteiger partial charge in [-0.2, -0.15) is 0 Å². The van der Waals surface area contributed by atoms with Crippen molar-refractivity contribution >= 4 is 70.5 Å². The Kier molecular flexibility index (Phi) is 10.8. The molecule has 16 heteroatoms. The highest BCUT2D eigenvalue weighted by molar-refractivity contribution is 7.99. The first kappa shape index (κ1) is 35.0. The van der Waals surface area contributed by atoms with Crippen LogP contribution in [0.2, 0.25) is 0 Å². The summed E-state index contributed by atoms with van der Waals surface area (Å²) in [4.78, 5) is 24.6. The van der Waals surface area contributed by atoms with E-state index in [0.717, 1.165) is 37.9 Å². The maximum absolute atomic E-state index is 13.1. The molecular formula is C32H30N4O8S4. The number of aliphatic hydroxyl groups is 1. The zero-order valence-corrected chi connectivity index (χ0v) is 28.6. The molecule has 5 aromatic rings. The van der Waals surface area contributed by atoms with E-state index in [0.29, 0.717) is 23.4 Å². The average molecular weight is 727 g/mol. The molecule has 1 aromatic heterocycles. The smallest absolute Gasteiger partial charge is 0.293 e. The molecule has 0 aliphatic carbocycles. The lowest BCUT2D eigenvalue weighted by atomic mass is 10.0. The van der Waals surface area contributed by atoms with Gasteiger partial charge in [0.05, 0.1) is 16.4 Å². The van der Waals surface area contributed by atoms with E-state index in [2.05, 4.69) is 10.0 Å². The van der Waals surface area contributed by atoms with Crippen LogP contribution in [0.15, 0.2) is 105 Å². The molecule has 250 valence electrons. The van der Waals surface area contributed by atoms with Gasteiger partial charge in [0.1, 0.15) is 9.90 Å². The van der Waals surface area contributed by atoms with Crippen molar-refractivity contribution in [1.82, 2.24) is 9.44 Å². The SMILES string of the molecule is Cc1c(S(=O)(=O)NCCO)sc2ccc(-c3ccc(C(=O)NS(=O)(=O)c4ccc(NCCSc5ccccc5)c([N+](=O)[O-])c4)cc3)cc12. The Balaban J connectivity index is 1.27. The fourth-order valence-electron chi connectivity index (χ4n) is 4.78. The lowest BCUT2D eigenvalue weighted by Gasteiger charge is -2.11. The number of aliphatic hydroxyl groups excluding tert-OH is 1. The molecule has 12 nitrogen and oxygen atoms in total. The first-order valence-electron chi connectivity index (χ1n) is 14.4. The van der Waals surface area contributed by atoms with Crippen molar-refractivity contribution in [2.75, 3.05) is 30.8 Å². The number of hydrogen-bond acceptors (Lipinski definition) is 11. The number of nitro benzene ring substituents is 1. The molecule has 0 saturated carbocycles.